The number of rotatable bonds is 3. The average molecular weight is 228 g/mol. The maximum atomic E-state index is 11.9. The molecule has 0 bridgehead atoms. The van der Waals surface area contributed by atoms with Crippen LogP contribution in [0.5, 0.6) is 0 Å². The van der Waals surface area contributed by atoms with Gasteiger partial charge in [-0.3, -0.25) is 4.79 Å². The fraction of sp³-hybridized carbons (Fsp3) is 0.909. The molecule has 2 aliphatic rings. The third-order valence-corrected chi connectivity index (χ3v) is 4.68. The first-order chi connectivity index (χ1) is 7.21. The molecule has 2 rings (SSSR count). The third kappa shape index (κ3) is 2.67. The summed E-state index contributed by atoms with van der Waals surface area (Å²) >= 11 is 2.00. The number of hydrogen-bond acceptors (Lipinski definition) is 3. The fourth-order valence-corrected chi connectivity index (χ4v) is 3.55. The minimum absolute atomic E-state index is 0.192. The molecule has 2 atom stereocenters. The van der Waals surface area contributed by atoms with Gasteiger partial charge in [-0.1, -0.05) is 0 Å². The largest absolute Gasteiger partial charge is 0.354 e. The Kier molecular flexibility index (Phi) is 3.57. The Labute approximate surface area is 95.8 Å². The zero-order chi connectivity index (χ0) is 10.7. The molecule has 2 unspecified atom stereocenters. The molecule has 0 saturated carbocycles. The van der Waals surface area contributed by atoms with Gasteiger partial charge in [0.05, 0.1) is 5.54 Å². The molecule has 0 aliphatic carbocycles. The summed E-state index contributed by atoms with van der Waals surface area (Å²) in [4.78, 5) is 11.9. The minimum Gasteiger partial charge on any atom is -0.354 e. The van der Waals surface area contributed by atoms with E-state index in [0.29, 0.717) is 5.92 Å². The van der Waals surface area contributed by atoms with Crippen molar-refractivity contribution >= 4 is 17.7 Å². The number of thioether (sulfide) groups is 1. The summed E-state index contributed by atoms with van der Waals surface area (Å²) in [6.07, 6.45) is 3.34. The number of amides is 1. The molecule has 0 spiro atoms. The molecule has 1 amide bonds. The SMILES string of the molecule is CC1(C(=O)NCC2CCSC2)CCCN1. The van der Waals surface area contributed by atoms with Crippen LogP contribution in [0.3, 0.4) is 0 Å². The van der Waals surface area contributed by atoms with E-state index in [4.69, 9.17) is 0 Å². The Bertz CT molecular complexity index is 233. The Hall–Kier alpha value is -0.220. The fourth-order valence-electron chi connectivity index (χ4n) is 2.26. The van der Waals surface area contributed by atoms with Gasteiger partial charge in [0.2, 0.25) is 5.91 Å². The van der Waals surface area contributed by atoms with Crippen molar-refractivity contribution in [2.45, 2.75) is 31.7 Å². The van der Waals surface area contributed by atoms with E-state index in [1.54, 1.807) is 0 Å². The quantitative estimate of drug-likeness (QED) is 0.757. The first kappa shape index (κ1) is 11.3. The molecule has 0 aromatic rings. The molecule has 86 valence electrons. The molecule has 2 N–H and O–H groups in total. The lowest BCUT2D eigenvalue weighted by Gasteiger charge is -2.24. The van der Waals surface area contributed by atoms with Crippen LogP contribution in [-0.2, 0) is 4.79 Å². The molecule has 0 aromatic carbocycles. The molecular formula is C11H20N2OS. The van der Waals surface area contributed by atoms with Gasteiger partial charge in [-0.05, 0) is 50.2 Å². The summed E-state index contributed by atoms with van der Waals surface area (Å²) in [6, 6.07) is 0. The molecule has 0 aromatic heterocycles. The van der Waals surface area contributed by atoms with Crippen molar-refractivity contribution < 1.29 is 4.79 Å². The highest BCUT2D eigenvalue weighted by Gasteiger charge is 2.35. The Morgan fingerprint density at radius 2 is 2.53 bits per heavy atom. The van der Waals surface area contributed by atoms with E-state index < -0.39 is 0 Å². The van der Waals surface area contributed by atoms with Crippen molar-refractivity contribution in [3.8, 4) is 0 Å². The first-order valence-corrected chi connectivity index (χ1v) is 6.97. The molecule has 0 radical (unpaired) electrons. The van der Waals surface area contributed by atoms with Gasteiger partial charge in [0.15, 0.2) is 0 Å². The van der Waals surface area contributed by atoms with Crippen molar-refractivity contribution in [1.82, 2.24) is 10.6 Å². The summed E-state index contributed by atoms with van der Waals surface area (Å²) in [5, 5.41) is 6.38. The van der Waals surface area contributed by atoms with Crippen molar-refractivity contribution in [2.24, 2.45) is 5.92 Å². The van der Waals surface area contributed by atoms with Crippen LogP contribution in [0.4, 0.5) is 0 Å². The van der Waals surface area contributed by atoms with Gasteiger partial charge in [-0.2, -0.15) is 11.8 Å². The molecule has 2 aliphatic heterocycles. The number of carbonyl (C=O) groups is 1. The summed E-state index contributed by atoms with van der Waals surface area (Å²) in [5.74, 6) is 3.36. The predicted molar refractivity (Wildman–Crippen MR) is 64.1 cm³/mol. The highest BCUT2D eigenvalue weighted by atomic mass is 32.2. The van der Waals surface area contributed by atoms with Crippen LogP contribution in [0.15, 0.2) is 0 Å². The van der Waals surface area contributed by atoms with Gasteiger partial charge in [0.1, 0.15) is 0 Å². The van der Waals surface area contributed by atoms with Gasteiger partial charge >= 0.3 is 0 Å². The minimum atomic E-state index is -0.300. The maximum Gasteiger partial charge on any atom is 0.240 e. The van der Waals surface area contributed by atoms with E-state index in [0.717, 1.165) is 25.9 Å². The Morgan fingerprint density at radius 3 is 3.13 bits per heavy atom. The normalized spacial score (nSPS) is 35.7. The lowest BCUT2D eigenvalue weighted by Crippen LogP contribution is -2.52. The standard InChI is InChI=1S/C11H20N2OS/c1-11(4-2-5-13-11)10(14)12-7-9-3-6-15-8-9/h9,13H,2-8H2,1H3,(H,12,14). The Balaban J connectivity index is 1.76. The van der Waals surface area contributed by atoms with Crippen molar-refractivity contribution in [3.05, 3.63) is 0 Å². The zero-order valence-corrected chi connectivity index (χ0v) is 10.2. The number of nitrogens with one attached hydrogen (secondary N) is 2. The molecule has 4 heteroatoms. The van der Waals surface area contributed by atoms with Crippen LogP contribution in [0.1, 0.15) is 26.2 Å². The monoisotopic (exact) mass is 228 g/mol. The summed E-state index contributed by atoms with van der Waals surface area (Å²) < 4.78 is 0. The second-order valence-corrected chi connectivity index (χ2v) is 5.95. The van der Waals surface area contributed by atoms with E-state index >= 15 is 0 Å². The molecule has 2 fully saturated rings. The number of carbonyl (C=O) groups excluding carboxylic acids is 1. The highest BCUT2D eigenvalue weighted by Crippen LogP contribution is 2.23. The lowest BCUT2D eigenvalue weighted by atomic mass is 9.99. The van der Waals surface area contributed by atoms with E-state index in [2.05, 4.69) is 10.6 Å². The van der Waals surface area contributed by atoms with Crippen molar-refractivity contribution in [3.63, 3.8) is 0 Å². The van der Waals surface area contributed by atoms with Gasteiger partial charge in [0.25, 0.3) is 0 Å². The summed E-state index contributed by atoms with van der Waals surface area (Å²) in [6.45, 7) is 3.85. The molecule has 15 heavy (non-hydrogen) atoms. The topological polar surface area (TPSA) is 41.1 Å². The van der Waals surface area contributed by atoms with Gasteiger partial charge in [-0.25, -0.2) is 0 Å². The Morgan fingerprint density at radius 1 is 1.67 bits per heavy atom. The van der Waals surface area contributed by atoms with Crippen LogP contribution < -0.4 is 10.6 Å². The van der Waals surface area contributed by atoms with Gasteiger partial charge in [0, 0.05) is 6.54 Å². The van der Waals surface area contributed by atoms with Crippen LogP contribution >= 0.6 is 11.8 Å². The third-order valence-electron chi connectivity index (χ3n) is 3.45. The van der Waals surface area contributed by atoms with Crippen LogP contribution in [-0.4, -0.2) is 36.0 Å². The molecule has 3 nitrogen and oxygen atoms in total. The molecular weight excluding hydrogens is 208 g/mol. The van der Waals surface area contributed by atoms with Crippen LogP contribution in [0.2, 0.25) is 0 Å². The summed E-state index contributed by atoms with van der Waals surface area (Å²) in [7, 11) is 0. The maximum absolute atomic E-state index is 11.9. The van der Waals surface area contributed by atoms with Crippen molar-refractivity contribution in [2.75, 3.05) is 24.6 Å². The molecule has 2 heterocycles. The second-order valence-electron chi connectivity index (χ2n) is 4.80. The van der Waals surface area contributed by atoms with Gasteiger partial charge < -0.3 is 10.6 Å². The predicted octanol–water partition coefficient (Wildman–Crippen LogP) is 0.998. The second kappa shape index (κ2) is 4.74. The van der Waals surface area contributed by atoms with E-state index in [1.165, 1.54) is 17.9 Å². The smallest absolute Gasteiger partial charge is 0.240 e. The van der Waals surface area contributed by atoms with E-state index in [-0.39, 0.29) is 11.4 Å². The summed E-state index contributed by atoms with van der Waals surface area (Å²) in [5.41, 5.74) is -0.300. The lowest BCUT2D eigenvalue weighted by molar-refractivity contribution is -0.126. The van der Waals surface area contributed by atoms with Crippen molar-refractivity contribution in [1.29, 1.82) is 0 Å². The van der Waals surface area contributed by atoms with E-state index in [1.807, 2.05) is 18.7 Å². The average Bonchev–Trinajstić information content (AvgIpc) is 2.85. The van der Waals surface area contributed by atoms with E-state index in [9.17, 15) is 4.79 Å². The van der Waals surface area contributed by atoms with Crippen LogP contribution in [0.25, 0.3) is 0 Å². The number of hydrogen-bond donors (Lipinski definition) is 2. The van der Waals surface area contributed by atoms with Crippen LogP contribution in [0, 0.1) is 5.92 Å². The molecule has 2 saturated heterocycles. The highest BCUT2D eigenvalue weighted by molar-refractivity contribution is 7.99. The zero-order valence-electron chi connectivity index (χ0n) is 9.34. The van der Waals surface area contributed by atoms with Gasteiger partial charge in [-0.15, -0.1) is 0 Å². The first-order valence-electron chi connectivity index (χ1n) is 5.82.